The van der Waals surface area contributed by atoms with Crippen molar-refractivity contribution in [1.82, 2.24) is 0 Å². The average molecular weight is 820 g/mol. The van der Waals surface area contributed by atoms with Crippen LogP contribution in [0.4, 0.5) is 0 Å². The summed E-state index contributed by atoms with van der Waals surface area (Å²) < 4.78 is 13.4. The summed E-state index contributed by atoms with van der Waals surface area (Å²) in [5, 5.41) is 0. The van der Waals surface area contributed by atoms with Crippen molar-refractivity contribution in [2.45, 2.75) is 139 Å². The molecule has 0 amide bonds. The van der Waals surface area contributed by atoms with Gasteiger partial charge in [0.05, 0.1) is 0 Å². The third-order valence-corrected chi connectivity index (χ3v) is 22.7. The SMILES string of the molecule is CCC(=O)[O][Sn]([O]C(=O)CC)([CH]1c2ccc(C(C)(C)C)cc2-c2cc(C(C)(C)C)ccc21)[CH]1c2ccc(C(C)(C)C)cc2-c2cc(C(C)(C)C)ccc21. The maximum atomic E-state index is 14.0. The van der Waals surface area contributed by atoms with Crippen LogP contribution in [0.5, 0.6) is 0 Å². The second kappa shape index (κ2) is 13.4. The van der Waals surface area contributed by atoms with Gasteiger partial charge in [-0.25, -0.2) is 0 Å². The molecule has 0 radical (unpaired) electrons. The zero-order valence-corrected chi connectivity index (χ0v) is 37.5. The van der Waals surface area contributed by atoms with Crippen LogP contribution in [-0.4, -0.2) is 31.1 Å². The summed E-state index contributed by atoms with van der Waals surface area (Å²) in [5.74, 6) is -0.630. The number of hydrogen-bond donors (Lipinski definition) is 0. The molecule has 53 heavy (non-hydrogen) atoms. The predicted molar refractivity (Wildman–Crippen MR) is 221 cm³/mol. The van der Waals surface area contributed by atoms with Gasteiger partial charge in [0.2, 0.25) is 0 Å². The summed E-state index contributed by atoms with van der Waals surface area (Å²) in [6.07, 6.45) is 0.387. The molecule has 0 fully saturated rings. The first-order valence-electron chi connectivity index (χ1n) is 19.5. The van der Waals surface area contributed by atoms with Gasteiger partial charge in [0.15, 0.2) is 0 Å². The Hall–Kier alpha value is -3.38. The van der Waals surface area contributed by atoms with Crippen molar-refractivity contribution >= 4 is 31.1 Å². The molecule has 5 heteroatoms. The summed E-state index contributed by atoms with van der Waals surface area (Å²) in [5.41, 5.74) is 13.6. The summed E-state index contributed by atoms with van der Waals surface area (Å²) >= 11 is -5.25. The summed E-state index contributed by atoms with van der Waals surface area (Å²) in [4.78, 5) is 28.1. The maximum absolute atomic E-state index is 14.0. The Balaban J connectivity index is 1.76. The summed E-state index contributed by atoms with van der Waals surface area (Å²) in [6, 6.07) is 27.2. The van der Waals surface area contributed by atoms with Crippen molar-refractivity contribution in [3.8, 4) is 22.3 Å². The Morgan fingerprint density at radius 1 is 0.453 bits per heavy atom. The van der Waals surface area contributed by atoms with Crippen LogP contribution in [0.2, 0.25) is 0 Å². The van der Waals surface area contributed by atoms with Gasteiger partial charge in [0.25, 0.3) is 0 Å². The first-order chi connectivity index (χ1) is 24.5. The van der Waals surface area contributed by atoms with Crippen molar-refractivity contribution in [2.24, 2.45) is 0 Å². The average Bonchev–Trinajstić information content (AvgIpc) is 3.58. The first kappa shape index (κ1) is 39.3. The molecule has 6 rings (SSSR count). The van der Waals surface area contributed by atoms with Gasteiger partial charge in [-0.2, -0.15) is 0 Å². The van der Waals surface area contributed by atoms with Crippen LogP contribution in [0.15, 0.2) is 72.8 Å². The van der Waals surface area contributed by atoms with Crippen LogP contribution in [0.25, 0.3) is 22.3 Å². The fourth-order valence-corrected chi connectivity index (χ4v) is 21.3. The van der Waals surface area contributed by atoms with Crippen molar-refractivity contribution in [2.75, 3.05) is 0 Å². The second-order valence-electron chi connectivity index (χ2n) is 19.5. The fraction of sp³-hybridized carbons (Fsp3) is 0.458. The van der Waals surface area contributed by atoms with E-state index >= 15 is 0 Å². The van der Waals surface area contributed by atoms with Crippen molar-refractivity contribution in [3.63, 3.8) is 0 Å². The summed E-state index contributed by atoms with van der Waals surface area (Å²) in [6.45, 7) is 30.6. The van der Waals surface area contributed by atoms with E-state index in [1.54, 1.807) is 0 Å². The Labute approximate surface area is 324 Å². The molecule has 4 aromatic rings. The number of carbonyl (C=O) groups excluding carboxylic acids is 2. The van der Waals surface area contributed by atoms with E-state index in [1.165, 1.54) is 22.3 Å². The van der Waals surface area contributed by atoms with Crippen LogP contribution in [0.1, 0.15) is 162 Å². The van der Waals surface area contributed by atoms with Crippen LogP contribution in [0, 0.1) is 0 Å². The molecule has 0 N–H and O–H groups in total. The zero-order chi connectivity index (χ0) is 39.1. The molecule has 0 unspecified atom stereocenters. The van der Waals surface area contributed by atoms with Crippen molar-refractivity contribution < 1.29 is 15.7 Å². The van der Waals surface area contributed by atoms with Crippen molar-refractivity contribution in [1.29, 1.82) is 0 Å². The van der Waals surface area contributed by atoms with Gasteiger partial charge in [-0.15, -0.1) is 0 Å². The number of hydrogen-bond acceptors (Lipinski definition) is 4. The first-order valence-corrected chi connectivity index (χ1v) is 25.2. The van der Waals surface area contributed by atoms with Crippen LogP contribution in [0.3, 0.4) is 0 Å². The molecule has 0 saturated heterocycles. The molecule has 0 bridgehead atoms. The minimum atomic E-state index is -5.25. The van der Waals surface area contributed by atoms with Gasteiger partial charge in [-0.05, 0) is 0 Å². The molecule has 2 aliphatic carbocycles. The summed E-state index contributed by atoms with van der Waals surface area (Å²) in [7, 11) is 0. The van der Waals surface area contributed by atoms with E-state index in [9.17, 15) is 9.59 Å². The molecular formula is C48H60O4Sn. The number of fused-ring (bicyclic) bond motifs is 6. The molecule has 4 nitrogen and oxygen atoms in total. The monoisotopic (exact) mass is 820 g/mol. The number of benzene rings is 4. The van der Waals surface area contributed by atoms with Crippen molar-refractivity contribution in [3.05, 3.63) is 117 Å². The van der Waals surface area contributed by atoms with Crippen LogP contribution in [-0.2, 0) is 37.4 Å². The Bertz CT molecular complexity index is 1820. The van der Waals surface area contributed by atoms with E-state index < -0.39 is 19.2 Å². The van der Waals surface area contributed by atoms with Gasteiger partial charge >= 0.3 is 326 Å². The molecule has 0 heterocycles. The normalized spacial score (nSPS) is 14.8. The molecule has 0 saturated carbocycles. The topological polar surface area (TPSA) is 52.6 Å². The van der Waals surface area contributed by atoms with Crippen LogP contribution < -0.4 is 0 Å². The quantitative estimate of drug-likeness (QED) is 0.182. The number of carbonyl (C=O) groups is 2. The van der Waals surface area contributed by atoms with E-state index in [0.29, 0.717) is 0 Å². The van der Waals surface area contributed by atoms with Gasteiger partial charge in [-0.3, -0.25) is 0 Å². The standard InChI is InChI=1S/2C21H25.2C3H6O2.Sn/c2*1-20(2,3)16-9-7-14-11-15-8-10-17(21(4,5)6)13-19(15)18(14)12-16;2*1-2-3(4)5;/h2*7-13H,1-6H3;2*2H2,1H3,(H,4,5);/q;;;;+2/p-2. The van der Waals surface area contributed by atoms with E-state index in [-0.39, 0.29) is 54.3 Å². The third kappa shape index (κ3) is 7.03. The van der Waals surface area contributed by atoms with Crippen LogP contribution >= 0.6 is 0 Å². The zero-order valence-electron chi connectivity index (χ0n) is 34.6. The Morgan fingerprint density at radius 3 is 0.868 bits per heavy atom. The van der Waals surface area contributed by atoms with E-state index in [4.69, 9.17) is 6.15 Å². The molecule has 280 valence electrons. The molecule has 0 atom stereocenters. The Kier molecular flexibility index (Phi) is 9.96. The molecule has 4 aromatic carbocycles. The van der Waals surface area contributed by atoms with Gasteiger partial charge in [0, 0.05) is 0 Å². The van der Waals surface area contributed by atoms with E-state index in [0.717, 1.165) is 44.5 Å². The molecule has 0 spiro atoms. The Morgan fingerprint density at radius 2 is 0.679 bits per heavy atom. The predicted octanol–water partition coefficient (Wildman–Crippen LogP) is 12.2. The molecule has 0 aromatic heterocycles. The molecule has 0 aliphatic heterocycles. The van der Waals surface area contributed by atoms with E-state index in [1.807, 2.05) is 13.8 Å². The van der Waals surface area contributed by atoms with Gasteiger partial charge in [0.1, 0.15) is 0 Å². The fourth-order valence-electron chi connectivity index (χ4n) is 8.16. The second-order valence-corrected chi connectivity index (χ2v) is 28.0. The number of rotatable bonds is 6. The minimum absolute atomic E-state index is 0.0719. The van der Waals surface area contributed by atoms with Gasteiger partial charge in [-0.1, -0.05) is 0 Å². The van der Waals surface area contributed by atoms with E-state index in [2.05, 4.69) is 156 Å². The third-order valence-electron chi connectivity index (χ3n) is 11.4. The molecule has 2 aliphatic rings. The van der Waals surface area contributed by atoms with Gasteiger partial charge < -0.3 is 0 Å². The molecular weight excluding hydrogens is 759 g/mol.